The van der Waals surface area contributed by atoms with E-state index in [1.54, 1.807) is 0 Å². The zero-order valence-corrected chi connectivity index (χ0v) is 19.9. The minimum atomic E-state index is -0.0770. The van der Waals surface area contributed by atoms with E-state index in [0.717, 1.165) is 44.6 Å². The largest absolute Gasteiger partial charge is 0.308 e. The van der Waals surface area contributed by atoms with Crippen molar-refractivity contribution in [2.24, 2.45) is 0 Å². The summed E-state index contributed by atoms with van der Waals surface area (Å²) in [7, 11) is 0. The molecule has 3 aromatic heterocycles. The van der Waals surface area contributed by atoms with Gasteiger partial charge >= 0.3 is 5.52 Å². The average molecular weight is 415 g/mol. The van der Waals surface area contributed by atoms with Crippen molar-refractivity contribution in [3.8, 4) is 0 Å². The quantitative estimate of drug-likeness (QED) is 0.277. The highest BCUT2D eigenvalue weighted by Gasteiger charge is 2.32. The molecule has 0 aliphatic carbocycles. The first-order chi connectivity index (χ1) is 14.6. The van der Waals surface area contributed by atoms with Crippen molar-refractivity contribution in [2.75, 3.05) is 0 Å². The second-order valence-electron chi connectivity index (χ2n) is 9.53. The fraction of sp³-hybridized carbons (Fsp3) is 0.333. The first-order valence-electron chi connectivity index (χ1n) is 10.8. The van der Waals surface area contributed by atoms with E-state index in [9.17, 15) is 0 Å². The summed E-state index contributed by atoms with van der Waals surface area (Å²) in [5.41, 5.74) is 11.9. The molecular formula is C27H32N3O+. The van der Waals surface area contributed by atoms with Gasteiger partial charge in [-0.1, -0.05) is 45.6 Å². The van der Waals surface area contributed by atoms with Crippen molar-refractivity contribution in [2.45, 2.75) is 60.8 Å². The number of nitrogens with zero attached hydrogens (tertiary/aromatic N) is 3. The molecule has 4 heteroatoms. The minimum absolute atomic E-state index is 0.0770. The molecule has 31 heavy (non-hydrogen) atoms. The molecule has 4 aromatic rings. The van der Waals surface area contributed by atoms with E-state index in [1.165, 1.54) is 16.7 Å². The van der Waals surface area contributed by atoms with Gasteiger partial charge in [-0.2, -0.15) is 0 Å². The van der Waals surface area contributed by atoms with E-state index in [-0.39, 0.29) is 5.41 Å². The van der Waals surface area contributed by atoms with Crippen LogP contribution in [0, 0.1) is 13.8 Å². The second kappa shape index (κ2) is 7.23. The van der Waals surface area contributed by atoms with Crippen molar-refractivity contribution in [1.82, 2.24) is 9.38 Å². The Kier molecular flexibility index (Phi) is 4.92. The van der Waals surface area contributed by atoms with E-state index in [2.05, 4.69) is 90.8 Å². The van der Waals surface area contributed by atoms with Gasteiger partial charge in [0.05, 0.1) is 11.3 Å². The van der Waals surface area contributed by atoms with Gasteiger partial charge in [-0.3, -0.25) is 4.40 Å². The van der Waals surface area contributed by atoms with Gasteiger partial charge in [0.15, 0.2) is 6.26 Å². The van der Waals surface area contributed by atoms with Gasteiger partial charge < -0.3 is 0 Å². The number of allylic oxidation sites excluding steroid dienone is 5. The van der Waals surface area contributed by atoms with Gasteiger partial charge in [-0.25, -0.2) is 9.51 Å². The number of hydrogen-bond donors (Lipinski definition) is 0. The maximum atomic E-state index is 6.14. The summed E-state index contributed by atoms with van der Waals surface area (Å²) < 4.78 is 10.3. The molecule has 0 atom stereocenters. The molecule has 0 N–H and O–H groups in total. The van der Waals surface area contributed by atoms with Crippen molar-refractivity contribution < 1.29 is 9.10 Å². The molecule has 4 nitrogen and oxygen atoms in total. The Labute approximate surface area is 184 Å². The number of rotatable bonds is 3. The summed E-state index contributed by atoms with van der Waals surface area (Å²) in [6.07, 6.45) is 8.07. The van der Waals surface area contributed by atoms with Crippen LogP contribution in [0.4, 0.5) is 0 Å². The predicted octanol–water partition coefficient (Wildman–Crippen LogP) is 6.66. The average Bonchev–Trinajstić information content (AvgIpc) is 3.31. The Hall–Kier alpha value is -3.14. The third kappa shape index (κ3) is 3.21. The summed E-state index contributed by atoms with van der Waals surface area (Å²) in [5.74, 6) is 0. The van der Waals surface area contributed by atoms with Crippen LogP contribution < -0.4 is 4.57 Å². The molecule has 0 spiro atoms. The summed E-state index contributed by atoms with van der Waals surface area (Å²) >= 11 is 0. The Bertz CT molecular complexity index is 1420. The molecular weight excluding hydrogens is 382 g/mol. The molecule has 0 unspecified atom stereocenters. The highest BCUT2D eigenvalue weighted by molar-refractivity contribution is 5.88. The summed E-state index contributed by atoms with van der Waals surface area (Å²) in [6, 6.07) is 4.40. The smallest absolute Gasteiger partial charge is 0.287 e. The third-order valence-corrected chi connectivity index (χ3v) is 6.13. The van der Waals surface area contributed by atoms with E-state index in [1.807, 2.05) is 16.9 Å². The number of aromatic nitrogens is 3. The molecule has 0 amide bonds. The van der Waals surface area contributed by atoms with Crippen LogP contribution in [0.1, 0.15) is 63.9 Å². The van der Waals surface area contributed by atoms with E-state index in [0.29, 0.717) is 0 Å². The zero-order valence-electron chi connectivity index (χ0n) is 19.9. The lowest BCUT2D eigenvalue weighted by Gasteiger charge is -2.13. The van der Waals surface area contributed by atoms with Crippen LogP contribution in [0.2, 0.25) is 0 Å². The lowest BCUT2D eigenvalue weighted by molar-refractivity contribution is -0.693. The van der Waals surface area contributed by atoms with Gasteiger partial charge in [-0.15, -0.1) is 0 Å². The molecule has 0 aliphatic heterocycles. The zero-order chi connectivity index (χ0) is 22.7. The SMILES string of the molecule is C=C/C(C)=C(\C(C)=C/C)c1cn2c(n1)c1c(C(C)(C)C)co[n+]1c1cc(C)cc(C)c12. The first kappa shape index (κ1) is 21.1. The molecule has 4 rings (SSSR count). The number of benzene rings is 1. The van der Waals surface area contributed by atoms with E-state index in [4.69, 9.17) is 9.51 Å². The molecule has 0 aliphatic rings. The Morgan fingerprint density at radius 2 is 1.90 bits per heavy atom. The monoisotopic (exact) mass is 414 g/mol. The third-order valence-electron chi connectivity index (χ3n) is 6.13. The van der Waals surface area contributed by atoms with E-state index >= 15 is 0 Å². The lowest BCUT2D eigenvalue weighted by atomic mass is 9.88. The van der Waals surface area contributed by atoms with Crippen molar-refractivity contribution in [3.63, 3.8) is 0 Å². The van der Waals surface area contributed by atoms with Gasteiger partial charge in [-0.05, 0) is 62.3 Å². The molecule has 1 aromatic carbocycles. The highest BCUT2D eigenvalue weighted by atomic mass is 16.5. The number of imidazole rings is 1. The van der Waals surface area contributed by atoms with Gasteiger partial charge in [0, 0.05) is 22.4 Å². The molecule has 0 saturated heterocycles. The van der Waals surface area contributed by atoms with Crippen LogP contribution in [-0.2, 0) is 5.41 Å². The second-order valence-corrected chi connectivity index (χ2v) is 9.53. The number of fused-ring (bicyclic) bond motifs is 6. The van der Waals surface area contributed by atoms with E-state index < -0.39 is 0 Å². The van der Waals surface area contributed by atoms with Crippen LogP contribution >= 0.6 is 0 Å². The maximum Gasteiger partial charge on any atom is 0.308 e. The van der Waals surface area contributed by atoms with Gasteiger partial charge in [0.25, 0.3) is 5.52 Å². The van der Waals surface area contributed by atoms with Crippen LogP contribution in [0.5, 0.6) is 0 Å². The topological polar surface area (TPSA) is 34.5 Å². The lowest BCUT2D eigenvalue weighted by Crippen LogP contribution is -2.24. The molecule has 3 heterocycles. The van der Waals surface area contributed by atoms with Gasteiger partial charge in [0.2, 0.25) is 5.65 Å². The van der Waals surface area contributed by atoms with Crippen molar-refractivity contribution in [3.05, 3.63) is 76.9 Å². The van der Waals surface area contributed by atoms with Gasteiger partial charge in [0.1, 0.15) is 5.52 Å². The predicted molar refractivity (Wildman–Crippen MR) is 129 cm³/mol. The fourth-order valence-electron chi connectivity index (χ4n) is 4.45. The fourth-order valence-corrected chi connectivity index (χ4v) is 4.45. The van der Waals surface area contributed by atoms with Crippen LogP contribution in [0.3, 0.4) is 0 Å². The van der Waals surface area contributed by atoms with Crippen LogP contribution in [0.25, 0.3) is 27.8 Å². The van der Waals surface area contributed by atoms with Crippen molar-refractivity contribution in [1.29, 1.82) is 0 Å². The van der Waals surface area contributed by atoms with Crippen LogP contribution in [-0.4, -0.2) is 9.38 Å². The number of hydrogen-bond acceptors (Lipinski definition) is 2. The summed E-state index contributed by atoms with van der Waals surface area (Å²) in [4.78, 5) is 5.17. The Morgan fingerprint density at radius 3 is 2.52 bits per heavy atom. The minimum Gasteiger partial charge on any atom is -0.287 e. The summed E-state index contributed by atoms with van der Waals surface area (Å²) in [5, 5.41) is 0. The number of aryl methyl sites for hydroxylation is 2. The molecule has 0 radical (unpaired) electrons. The maximum absolute atomic E-state index is 6.14. The normalized spacial score (nSPS) is 14.0. The first-order valence-corrected chi connectivity index (χ1v) is 10.8. The van der Waals surface area contributed by atoms with Crippen molar-refractivity contribution >= 4 is 27.8 Å². The molecule has 0 fully saturated rings. The molecule has 0 bridgehead atoms. The summed E-state index contributed by atoms with van der Waals surface area (Å²) in [6.45, 7) is 21.2. The Morgan fingerprint density at radius 1 is 1.19 bits per heavy atom. The standard InChI is InChI=1S/C27H32N3O/c1-10-17(4)23(18(5)11-2)21-14-29-24-19(6)12-16(3)13-22(24)30-25(26(29)28-21)20(15-31-30)27(7,8)9/h10-15H,1H2,2-9H3/q+1/b18-11-,23-17+. The molecule has 160 valence electrons. The Balaban J connectivity index is 2.27. The molecule has 0 saturated carbocycles. The van der Waals surface area contributed by atoms with Crippen LogP contribution in [0.15, 0.2) is 59.0 Å². The highest BCUT2D eigenvalue weighted by Crippen LogP contribution is 2.33.